The number of nitrogens with zero attached hydrogens (tertiary/aromatic N) is 1. The van der Waals surface area contributed by atoms with E-state index < -0.39 is 35.2 Å². The third-order valence-electron chi connectivity index (χ3n) is 8.18. The number of oxime groups is 1. The van der Waals surface area contributed by atoms with Crippen molar-refractivity contribution in [1.29, 1.82) is 0 Å². The number of carbonyl (C=O) groups excluding carboxylic acids is 3. The fraction of sp³-hybridized carbons (Fsp3) is 0.486. The number of rotatable bonds is 18. The third-order valence-corrected chi connectivity index (χ3v) is 8.18. The van der Waals surface area contributed by atoms with Gasteiger partial charge in [-0.05, 0) is 53.8 Å². The summed E-state index contributed by atoms with van der Waals surface area (Å²) < 4.78 is 21.2. The lowest BCUT2D eigenvalue weighted by Crippen LogP contribution is -2.36. The van der Waals surface area contributed by atoms with Gasteiger partial charge in [0.05, 0.1) is 43.3 Å². The van der Waals surface area contributed by atoms with E-state index in [4.69, 9.17) is 28.9 Å². The number of epoxide rings is 1. The summed E-state index contributed by atoms with van der Waals surface area (Å²) in [4.78, 5) is 44.0. The van der Waals surface area contributed by atoms with Crippen LogP contribution in [-0.2, 0) is 38.2 Å². The van der Waals surface area contributed by atoms with Crippen LogP contribution >= 0.6 is 0 Å². The van der Waals surface area contributed by atoms with Crippen LogP contribution in [0, 0.1) is 17.3 Å². The number of aliphatic hydroxyl groups is 1. The zero-order valence-corrected chi connectivity index (χ0v) is 26.2. The molecule has 1 fully saturated rings. The molecule has 0 bridgehead atoms. The van der Waals surface area contributed by atoms with E-state index >= 15 is 0 Å². The number of aliphatic hydroxyl groups excluding tert-OH is 1. The maximum atomic E-state index is 12.9. The Hall–Kier alpha value is -4.02. The average molecular weight is 622 g/mol. The molecule has 0 aromatic heterocycles. The summed E-state index contributed by atoms with van der Waals surface area (Å²) in [6, 6.07) is 18.4. The summed E-state index contributed by atoms with van der Waals surface area (Å²) in [7, 11) is 0. The predicted octanol–water partition coefficient (Wildman–Crippen LogP) is 5.20. The highest BCUT2D eigenvalue weighted by Gasteiger charge is 2.40. The van der Waals surface area contributed by atoms with Crippen LogP contribution in [0.3, 0.4) is 0 Å². The first-order valence-electron chi connectivity index (χ1n) is 15.5. The van der Waals surface area contributed by atoms with Crippen molar-refractivity contribution in [3.8, 4) is 0 Å². The summed E-state index contributed by atoms with van der Waals surface area (Å²) >= 11 is 0. The largest absolute Gasteiger partial charge is 0.465 e. The summed E-state index contributed by atoms with van der Waals surface area (Å²) in [5.74, 6) is -2.87. The van der Waals surface area contributed by atoms with Gasteiger partial charge >= 0.3 is 17.9 Å². The Balaban J connectivity index is 1.27. The van der Waals surface area contributed by atoms with E-state index in [9.17, 15) is 14.4 Å². The van der Waals surface area contributed by atoms with E-state index in [1.165, 1.54) is 0 Å². The maximum absolute atomic E-state index is 12.9. The number of benzene rings is 3. The summed E-state index contributed by atoms with van der Waals surface area (Å²) in [6.07, 6.45) is 2.76. The van der Waals surface area contributed by atoms with Crippen molar-refractivity contribution in [2.24, 2.45) is 22.4 Å². The Morgan fingerprint density at radius 2 is 1.64 bits per heavy atom. The molecule has 4 rings (SSSR count). The van der Waals surface area contributed by atoms with Gasteiger partial charge in [-0.15, -0.1) is 0 Å². The van der Waals surface area contributed by atoms with Gasteiger partial charge < -0.3 is 28.9 Å². The van der Waals surface area contributed by atoms with Crippen molar-refractivity contribution in [1.82, 2.24) is 0 Å². The van der Waals surface area contributed by atoms with Crippen LogP contribution in [0.4, 0.5) is 0 Å². The summed E-state index contributed by atoms with van der Waals surface area (Å²) in [6.45, 7) is 5.88. The quantitative estimate of drug-likeness (QED) is 0.0387. The fourth-order valence-corrected chi connectivity index (χ4v) is 5.24. The molecule has 242 valence electrons. The zero-order chi connectivity index (χ0) is 32.2. The number of hydrogen-bond donors (Lipinski definition) is 1. The van der Waals surface area contributed by atoms with Crippen LogP contribution in [-0.4, -0.2) is 75.0 Å². The molecule has 10 nitrogen and oxygen atoms in total. The lowest BCUT2D eigenvalue weighted by atomic mass is 9.76. The number of hydrogen-bond acceptors (Lipinski definition) is 10. The fourth-order valence-electron chi connectivity index (χ4n) is 5.24. The highest BCUT2D eigenvalue weighted by Crippen LogP contribution is 2.35. The molecule has 0 saturated carbocycles. The van der Waals surface area contributed by atoms with Crippen molar-refractivity contribution >= 4 is 45.7 Å². The molecule has 1 heterocycles. The molecule has 0 amide bonds. The number of carbonyl (C=O) groups is 3. The minimum atomic E-state index is -0.961. The van der Waals surface area contributed by atoms with Crippen LogP contribution in [0.5, 0.6) is 0 Å². The third kappa shape index (κ3) is 9.48. The van der Waals surface area contributed by atoms with Gasteiger partial charge in [0.1, 0.15) is 25.9 Å². The van der Waals surface area contributed by atoms with E-state index in [-0.39, 0.29) is 52.0 Å². The van der Waals surface area contributed by atoms with Crippen molar-refractivity contribution in [3.05, 3.63) is 60.2 Å². The van der Waals surface area contributed by atoms with E-state index in [1.807, 2.05) is 31.2 Å². The van der Waals surface area contributed by atoms with Crippen LogP contribution in [0.15, 0.2) is 59.8 Å². The first-order valence-corrected chi connectivity index (χ1v) is 15.5. The van der Waals surface area contributed by atoms with Crippen LogP contribution < -0.4 is 0 Å². The van der Waals surface area contributed by atoms with Crippen LogP contribution in [0.1, 0.15) is 52.0 Å². The smallest absolute Gasteiger partial charge is 0.311 e. The minimum Gasteiger partial charge on any atom is -0.465 e. The van der Waals surface area contributed by atoms with E-state index in [2.05, 4.69) is 35.5 Å². The second-order valence-electron chi connectivity index (χ2n) is 11.7. The summed E-state index contributed by atoms with van der Waals surface area (Å²) in [5, 5.41) is 17.7. The van der Waals surface area contributed by atoms with Gasteiger partial charge in [-0.25, -0.2) is 0 Å². The molecule has 0 spiro atoms. The molecule has 3 aromatic rings. The molecule has 10 heteroatoms. The maximum Gasteiger partial charge on any atom is 0.311 e. The van der Waals surface area contributed by atoms with E-state index in [1.54, 1.807) is 20.1 Å². The highest BCUT2D eigenvalue weighted by atomic mass is 16.6. The van der Waals surface area contributed by atoms with Gasteiger partial charge in [-0.2, -0.15) is 0 Å². The van der Waals surface area contributed by atoms with Crippen molar-refractivity contribution in [2.45, 2.75) is 52.6 Å². The molecular formula is C35H43NO9. The number of esters is 3. The summed E-state index contributed by atoms with van der Waals surface area (Å²) in [5.41, 5.74) is 0.0119. The van der Waals surface area contributed by atoms with Crippen molar-refractivity contribution in [3.63, 3.8) is 0 Å². The van der Waals surface area contributed by atoms with Gasteiger partial charge in [0.2, 0.25) is 0 Å². The van der Waals surface area contributed by atoms with Crippen LogP contribution in [0.25, 0.3) is 21.5 Å². The molecule has 1 saturated heterocycles. The number of ether oxygens (including phenoxy) is 4. The highest BCUT2D eigenvalue weighted by molar-refractivity contribution is 6.13. The molecule has 1 aliphatic heterocycles. The standard InChI is InChI=1S/C35H43NO9/c1-4-35(3,34(40)44-23-28-22-43-28)20-27(33(39)42-17-14-37)18-24(2)32(38)41-15-9-16-45-36-21-31-29-12-7-5-10-25(29)19-26-11-6-8-13-30(26)31/h5-8,10-13,19,21,24,27-28,37H,4,9,14-18,20,22-23H2,1-3H3. The number of fused-ring (bicyclic) bond motifs is 2. The van der Waals surface area contributed by atoms with Gasteiger partial charge in [-0.3, -0.25) is 14.4 Å². The van der Waals surface area contributed by atoms with Gasteiger partial charge in [0.25, 0.3) is 0 Å². The molecule has 45 heavy (non-hydrogen) atoms. The van der Waals surface area contributed by atoms with Gasteiger partial charge in [-0.1, -0.05) is 67.5 Å². The minimum absolute atomic E-state index is 0.0723. The monoisotopic (exact) mass is 621 g/mol. The van der Waals surface area contributed by atoms with Gasteiger partial charge in [0.15, 0.2) is 0 Å². The SMILES string of the molecule is CCC(C)(CC(CC(C)C(=O)OCCCON=Cc1c2ccccc2cc2ccccc12)C(=O)OCCO)C(=O)OCC1CO1. The Labute approximate surface area is 263 Å². The molecule has 0 radical (unpaired) electrons. The molecule has 0 aliphatic carbocycles. The van der Waals surface area contributed by atoms with E-state index in [0.29, 0.717) is 19.4 Å². The van der Waals surface area contributed by atoms with Crippen LogP contribution in [0.2, 0.25) is 0 Å². The molecule has 3 aromatic carbocycles. The zero-order valence-electron chi connectivity index (χ0n) is 26.2. The van der Waals surface area contributed by atoms with Crippen molar-refractivity contribution < 1.29 is 43.3 Å². The first-order chi connectivity index (χ1) is 21.8. The molecule has 1 aliphatic rings. The molecule has 4 unspecified atom stereocenters. The topological polar surface area (TPSA) is 133 Å². The molecular weight excluding hydrogens is 578 g/mol. The Kier molecular flexibility index (Phi) is 12.3. The predicted molar refractivity (Wildman–Crippen MR) is 170 cm³/mol. The average Bonchev–Trinajstić information content (AvgIpc) is 3.89. The molecule has 1 N–H and O–H groups in total. The normalized spacial score (nSPS) is 17.0. The van der Waals surface area contributed by atoms with E-state index in [0.717, 1.165) is 27.1 Å². The second-order valence-corrected chi connectivity index (χ2v) is 11.7. The first kappa shape index (κ1) is 33.9. The Bertz CT molecular complexity index is 1430. The Morgan fingerprint density at radius 1 is 1.00 bits per heavy atom. The van der Waals surface area contributed by atoms with Gasteiger partial charge in [0, 0.05) is 12.0 Å². The molecule has 4 atom stereocenters. The lowest BCUT2D eigenvalue weighted by Gasteiger charge is -2.30. The van der Waals surface area contributed by atoms with Crippen molar-refractivity contribution in [2.75, 3.05) is 39.6 Å². The second kappa shape index (κ2) is 16.3. The lowest BCUT2D eigenvalue weighted by molar-refractivity contribution is -0.160. The Morgan fingerprint density at radius 3 is 2.27 bits per heavy atom.